The predicted molar refractivity (Wildman–Crippen MR) is 77.1 cm³/mol. The second kappa shape index (κ2) is 5.22. The van der Waals surface area contributed by atoms with E-state index in [0.717, 1.165) is 16.6 Å². The standard InChI is InChI=1S/C14H19N3S/c1-10-5-3-2-4-6-12(10)17-13-11-7-8-18-14(11)16-9-15-13/h7-10,12H,2-6H2,1H3,(H,15,16,17). The Balaban J connectivity index is 1.84. The average Bonchev–Trinajstić information content (AvgIpc) is 2.77. The summed E-state index contributed by atoms with van der Waals surface area (Å²) in [5, 5.41) is 6.91. The van der Waals surface area contributed by atoms with E-state index in [2.05, 4.69) is 33.7 Å². The van der Waals surface area contributed by atoms with E-state index < -0.39 is 0 Å². The molecule has 0 spiro atoms. The van der Waals surface area contributed by atoms with Crippen molar-refractivity contribution in [1.29, 1.82) is 0 Å². The van der Waals surface area contributed by atoms with Crippen molar-refractivity contribution in [1.82, 2.24) is 9.97 Å². The van der Waals surface area contributed by atoms with E-state index in [1.165, 1.54) is 37.5 Å². The Kier molecular flexibility index (Phi) is 3.46. The van der Waals surface area contributed by atoms with Gasteiger partial charge in [0, 0.05) is 6.04 Å². The number of aromatic nitrogens is 2. The number of fused-ring (bicyclic) bond motifs is 1. The van der Waals surface area contributed by atoms with Crippen molar-refractivity contribution in [2.75, 3.05) is 5.32 Å². The molecule has 96 valence electrons. The molecule has 0 amide bonds. The summed E-state index contributed by atoms with van der Waals surface area (Å²) in [4.78, 5) is 9.80. The zero-order valence-electron chi connectivity index (χ0n) is 10.7. The van der Waals surface area contributed by atoms with Crippen molar-refractivity contribution in [3.63, 3.8) is 0 Å². The highest BCUT2D eigenvalue weighted by Crippen LogP contribution is 2.29. The first-order valence-electron chi connectivity index (χ1n) is 6.79. The van der Waals surface area contributed by atoms with Crippen molar-refractivity contribution in [2.24, 2.45) is 5.92 Å². The van der Waals surface area contributed by atoms with Crippen LogP contribution < -0.4 is 5.32 Å². The van der Waals surface area contributed by atoms with Gasteiger partial charge >= 0.3 is 0 Å². The van der Waals surface area contributed by atoms with Gasteiger partial charge in [-0.25, -0.2) is 9.97 Å². The van der Waals surface area contributed by atoms with Gasteiger partial charge in [-0.3, -0.25) is 0 Å². The van der Waals surface area contributed by atoms with Gasteiger partial charge < -0.3 is 5.32 Å². The predicted octanol–water partition coefficient (Wildman–Crippen LogP) is 4.07. The van der Waals surface area contributed by atoms with E-state index in [-0.39, 0.29) is 0 Å². The Morgan fingerprint density at radius 1 is 1.22 bits per heavy atom. The van der Waals surface area contributed by atoms with Crippen LogP contribution in [0.25, 0.3) is 10.2 Å². The van der Waals surface area contributed by atoms with Crippen LogP contribution in [0, 0.1) is 5.92 Å². The summed E-state index contributed by atoms with van der Waals surface area (Å²) < 4.78 is 0. The maximum atomic E-state index is 4.42. The number of thiophene rings is 1. The van der Waals surface area contributed by atoms with Gasteiger partial charge in [0.25, 0.3) is 0 Å². The van der Waals surface area contributed by atoms with Gasteiger partial charge in [-0.05, 0) is 30.2 Å². The van der Waals surface area contributed by atoms with Crippen LogP contribution in [0.15, 0.2) is 17.8 Å². The van der Waals surface area contributed by atoms with Crippen LogP contribution in [0.2, 0.25) is 0 Å². The van der Waals surface area contributed by atoms with Gasteiger partial charge in [0.05, 0.1) is 5.39 Å². The van der Waals surface area contributed by atoms with E-state index in [1.807, 2.05) is 0 Å². The SMILES string of the molecule is CC1CCCCCC1Nc1ncnc2sccc12. The molecule has 0 radical (unpaired) electrons. The summed E-state index contributed by atoms with van der Waals surface area (Å²) in [5.41, 5.74) is 0. The third-order valence-corrected chi connectivity index (χ3v) is 4.77. The van der Waals surface area contributed by atoms with Gasteiger partial charge in [0.1, 0.15) is 17.0 Å². The number of nitrogens with zero attached hydrogens (tertiary/aromatic N) is 2. The zero-order valence-corrected chi connectivity index (χ0v) is 11.5. The maximum Gasteiger partial charge on any atom is 0.138 e. The molecule has 1 aliphatic carbocycles. The maximum absolute atomic E-state index is 4.42. The largest absolute Gasteiger partial charge is 0.366 e. The number of rotatable bonds is 2. The molecule has 3 nitrogen and oxygen atoms in total. The van der Waals surface area contributed by atoms with Crippen molar-refractivity contribution in [3.05, 3.63) is 17.8 Å². The first-order chi connectivity index (χ1) is 8.84. The highest BCUT2D eigenvalue weighted by molar-refractivity contribution is 7.16. The van der Waals surface area contributed by atoms with Gasteiger partial charge in [0.2, 0.25) is 0 Å². The van der Waals surface area contributed by atoms with Crippen molar-refractivity contribution >= 4 is 27.4 Å². The van der Waals surface area contributed by atoms with Crippen LogP contribution in [0.1, 0.15) is 39.0 Å². The van der Waals surface area contributed by atoms with Crippen LogP contribution in [-0.2, 0) is 0 Å². The van der Waals surface area contributed by atoms with Crippen molar-refractivity contribution < 1.29 is 0 Å². The van der Waals surface area contributed by atoms with Crippen molar-refractivity contribution in [2.45, 2.75) is 45.1 Å². The van der Waals surface area contributed by atoms with E-state index in [4.69, 9.17) is 0 Å². The molecule has 0 aliphatic heterocycles. The highest BCUT2D eigenvalue weighted by Gasteiger charge is 2.20. The molecule has 1 N–H and O–H groups in total. The van der Waals surface area contributed by atoms with Gasteiger partial charge in [-0.15, -0.1) is 11.3 Å². The van der Waals surface area contributed by atoms with Crippen LogP contribution >= 0.6 is 11.3 Å². The topological polar surface area (TPSA) is 37.8 Å². The molecule has 0 bridgehead atoms. The fraction of sp³-hybridized carbons (Fsp3) is 0.571. The third kappa shape index (κ3) is 2.34. The van der Waals surface area contributed by atoms with Crippen LogP contribution in [0.4, 0.5) is 5.82 Å². The molecule has 0 saturated heterocycles. The minimum atomic E-state index is 0.561. The molecule has 3 rings (SSSR count). The van der Waals surface area contributed by atoms with Gasteiger partial charge in [-0.1, -0.05) is 26.2 Å². The highest BCUT2D eigenvalue weighted by atomic mass is 32.1. The van der Waals surface area contributed by atoms with Crippen LogP contribution in [0.3, 0.4) is 0 Å². The second-order valence-corrected chi connectivity index (χ2v) is 6.12. The monoisotopic (exact) mass is 261 g/mol. The molecule has 2 aromatic rings. The Bertz CT molecular complexity index is 522. The summed E-state index contributed by atoms with van der Waals surface area (Å²) >= 11 is 1.68. The quantitative estimate of drug-likeness (QED) is 0.828. The molecule has 2 heterocycles. The van der Waals surface area contributed by atoms with E-state index in [0.29, 0.717) is 6.04 Å². The minimum Gasteiger partial charge on any atom is -0.366 e. The Hall–Kier alpha value is -1.16. The van der Waals surface area contributed by atoms with E-state index >= 15 is 0 Å². The Morgan fingerprint density at radius 3 is 3.06 bits per heavy atom. The normalized spacial score (nSPS) is 24.9. The molecule has 1 aliphatic rings. The van der Waals surface area contributed by atoms with Crippen LogP contribution in [-0.4, -0.2) is 16.0 Å². The molecule has 18 heavy (non-hydrogen) atoms. The van der Waals surface area contributed by atoms with Crippen molar-refractivity contribution in [3.8, 4) is 0 Å². The summed E-state index contributed by atoms with van der Waals surface area (Å²) in [6.45, 7) is 2.36. The molecule has 2 unspecified atom stereocenters. The molecule has 4 heteroatoms. The summed E-state index contributed by atoms with van der Waals surface area (Å²) in [5.74, 6) is 1.75. The fourth-order valence-corrected chi connectivity index (χ4v) is 3.52. The van der Waals surface area contributed by atoms with E-state index in [1.54, 1.807) is 17.7 Å². The lowest BCUT2D eigenvalue weighted by atomic mass is 9.97. The molecular formula is C14H19N3S. The van der Waals surface area contributed by atoms with Crippen LogP contribution in [0.5, 0.6) is 0 Å². The molecule has 0 aromatic carbocycles. The first kappa shape index (κ1) is 11.9. The molecular weight excluding hydrogens is 242 g/mol. The molecule has 2 aromatic heterocycles. The molecule has 1 fully saturated rings. The molecule has 2 atom stereocenters. The Labute approximate surface area is 112 Å². The van der Waals surface area contributed by atoms with Gasteiger partial charge in [-0.2, -0.15) is 0 Å². The average molecular weight is 261 g/mol. The van der Waals surface area contributed by atoms with Gasteiger partial charge in [0.15, 0.2) is 0 Å². The lowest BCUT2D eigenvalue weighted by Gasteiger charge is -2.23. The molecule has 1 saturated carbocycles. The number of nitrogens with one attached hydrogen (secondary N) is 1. The Morgan fingerprint density at radius 2 is 2.11 bits per heavy atom. The lowest BCUT2D eigenvalue weighted by Crippen LogP contribution is -2.26. The number of hydrogen-bond acceptors (Lipinski definition) is 4. The number of hydrogen-bond donors (Lipinski definition) is 1. The lowest BCUT2D eigenvalue weighted by molar-refractivity contribution is 0.456. The third-order valence-electron chi connectivity index (χ3n) is 3.95. The van der Waals surface area contributed by atoms with E-state index in [9.17, 15) is 0 Å². The summed E-state index contributed by atoms with van der Waals surface area (Å²) in [6, 6.07) is 2.68. The zero-order chi connectivity index (χ0) is 12.4. The smallest absolute Gasteiger partial charge is 0.138 e. The number of anilines is 1. The summed E-state index contributed by atoms with van der Waals surface area (Å²) in [7, 11) is 0. The first-order valence-corrected chi connectivity index (χ1v) is 7.67. The fourth-order valence-electron chi connectivity index (χ4n) is 2.79. The summed E-state index contributed by atoms with van der Waals surface area (Å²) in [6.07, 6.45) is 8.34. The second-order valence-electron chi connectivity index (χ2n) is 5.23. The minimum absolute atomic E-state index is 0.561.